The Morgan fingerprint density at radius 2 is 1.90 bits per heavy atom. The van der Waals surface area contributed by atoms with Crippen LogP contribution in [0.1, 0.15) is 12.5 Å². The zero-order chi connectivity index (χ0) is 15.6. The molecule has 1 heterocycles. The summed E-state index contributed by atoms with van der Waals surface area (Å²) in [6.45, 7) is 2.89. The fourth-order valence-electron chi connectivity index (χ4n) is 2.80. The Morgan fingerprint density at radius 3 is 2.43 bits per heavy atom. The number of hydrogen-bond acceptors (Lipinski definition) is 5. The van der Waals surface area contributed by atoms with E-state index >= 15 is 0 Å². The first-order valence-electron chi connectivity index (χ1n) is 7.12. The summed E-state index contributed by atoms with van der Waals surface area (Å²) < 4.78 is 10.8. The lowest BCUT2D eigenvalue weighted by Gasteiger charge is -2.38. The average molecular weight is 292 g/mol. The first-order valence-corrected chi connectivity index (χ1v) is 7.12. The van der Waals surface area contributed by atoms with Gasteiger partial charge in [-0.15, -0.1) is 0 Å². The van der Waals surface area contributed by atoms with Crippen LogP contribution in [0.4, 0.5) is 5.69 Å². The third kappa shape index (κ3) is 3.29. The number of ether oxygens (including phenoxy) is 2. The third-order valence-corrected chi connectivity index (χ3v) is 3.96. The van der Waals surface area contributed by atoms with Crippen LogP contribution in [-0.4, -0.2) is 58.1 Å². The van der Waals surface area contributed by atoms with Crippen molar-refractivity contribution < 1.29 is 14.3 Å². The molecule has 0 saturated heterocycles. The van der Waals surface area contributed by atoms with Gasteiger partial charge in [0.05, 0.1) is 20.8 Å². The van der Waals surface area contributed by atoms with E-state index in [9.17, 15) is 4.79 Å². The van der Waals surface area contributed by atoms with E-state index in [2.05, 4.69) is 23.9 Å². The predicted octanol–water partition coefficient (Wildman–Crippen LogP) is 1.59. The van der Waals surface area contributed by atoms with Crippen LogP contribution in [0.15, 0.2) is 12.1 Å². The van der Waals surface area contributed by atoms with Gasteiger partial charge in [-0.25, -0.2) is 0 Å². The molecule has 5 heteroatoms. The van der Waals surface area contributed by atoms with Crippen LogP contribution in [0.25, 0.3) is 0 Å². The number of nitrogens with zero attached hydrogens (tertiary/aromatic N) is 2. The molecule has 0 saturated carbocycles. The summed E-state index contributed by atoms with van der Waals surface area (Å²) in [6, 6.07) is 4.38. The van der Waals surface area contributed by atoms with E-state index in [1.165, 1.54) is 5.56 Å². The number of Topliss-reactive ketones (excluding diaryl/α,β-unsaturated/α-hetero) is 1. The molecular formula is C16H24N2O3. The van der Waals surface area contributed by atoms with Crippen LogP contribution in [0, 0.1) is 0 Å². The fourth-order valence-corrected chi connectivity index (χ4v) is 2.80. The topological polar surface area (TPSA) is 42.0 Å². The van der Waals surface area contributed by atoms with Gasteiger partial charge in [-0.05, 0) is 39.1 Å². The van der Waals surface area contributed by atoms with Crippen molar-refractivity contribution in [1.82, 2.24) is 4.90 Å². The summed E-state index contributed by atoms with van der Waals surface area (Å²) in [5, 5.41) is 0. The Morgan fingerprint density at radius 1 is 1.29 bits per heavy atom. The van der Waals surface area contributed by atoms with Crippen molar-refractivity contribution in [2.75, 3.05) is 46.3 Å². The highest BCUT2D eigenvalue weighted by Crippen LogP contribution is 2.38. The molecule has 2 rings (SSSR count). The number of rotatable bonds is 5. The van der Waals surface area contributed by atoms with Crippen LogP contribution in [0.3, 0.4) is 0 Å². The number of fused-ring (bicyclic) bond motifs is 1. The molecule has 0 N–H and O–H groups in total. The quantitative estimate of drug-likeness (QED) is 0.824. The summed E-state index contributed by atoms with van der Waals surface area (Å²) in [6.07, 6.45) is 0.942. The fraction of sp³-hybridized carbons (Fsp3) is 0.562. The van der Waals surface area contributed by atoms with Crippen LogP contribution >= 0.6 is 0 Å². The molecule has 1 aromatic carbocycles. The van der Waals surface area contributed by atoms with Gasteiger partial charge >= 0.3 is 0 Å². The Balaban J connectivity index is 2.44. The standard InChI is InChI=1S/C16H24N2O3/c1-11(19)9-18-10-13(17(2)3)6-12-7-15(20-4)16(21-5)8-14(12)18/h7-8,13H,6,9-10H2,1-5H3. The molecular weight excluding hydrogens is 268 g/mol. The minimum atomic E-state index is 0.162. The first-order chi connectivity index (χ1) is 9.96. The molecule has 0 radical (unpaired) electrons. The lowest BCUT2D eigenvalue weighted by Crippen LogP contribution is -2.47. The van der Waals surface area contributed by atoms with Gasteiger partial charge in [-0.3, -0.25) is 4.79 Å². The van der Waals surface area contributed by atoms with Crippen molar-refractivity contribution in [3.63, 3.8) is 0 Å². The number of benzene rings is 1. The molecule has 0 spiro atoms. The molecule has 0 bridgehead atoms. The lowest BCUT2D eigenvalue weighted by molar-refractivity contribution is -0.115. The molecule has 1 aliphatic heterocycles. The largest absolute Gasteiger partial charge is 0.493 e. The first kappa shape index (κ1) is 15.6. The molecule has 0 fully saturated rings. The number of likely N-dealkylation sites (N-methyl/N-ethyl adjacent to an activating group) is 1. The molecule has 0 aromatic heterocycles. The minimum absolute atomic E-state index is 0.162. The maximum Gasteiger partial charge on any atom is 0.162 e. The number of anilines is 1. The number of methoxy groups -OCH3 is 2. The maximum absolute atomic E-state index is 11.6. The number of ketones is 1. The van der Waals surface area contributed by atoms with Crippen molar-refractivity contribution >= 4 is 11.5 Å². The van der Waals surface area contributed by atoms with Gasteiger partial charge in [0.1, 0.15) is 5.78 Å². The molecule has 1 unspecified atom stereocenters. The van der Waals surface area contributed by atoms with Crippen LogP contribution in [0.5, 0.6) is 11.5 Å². The van der Waals surface area contributed by atoms with E-state index in [0.29, 0.717) is 18.3 Å². The van der Waals surface area contributed by atoms with E-state index in [1.807, 2.05) is 12.1 Å². The highest BCUT2D eigenvalue weighted by Gasteiger charge is 2.28. The number of hydrogen-bond donors (Lipinski definition) is 0. The summed E-state index contributed by atoms with van der Waals surface area (Å²) in [7, 11) is 7.42. The van der Waals surface area contributed by atoms with Crippen molar-refractivity contribution in [2.24, 2.45) is 0 Å². The van der Waals surface area contributed by atoms with Crippen molar-refractivity contribution in [1.29, 1.82) is 0 Å². The van der Waals surface area contributed by atoms with Crippen molar-refractivity contribution in [3.05, 3.63) is 17.7 Å². The zero-order valence-corrected chi connectivity index (χ0v) is 13.5. The third-order valence-electron chi connectivity index (χ3n) is 3.96. The smallest absolute Gasteiger partial charge is 0.162 e. The van der Waals surface area contributed by atoms with E-state index in [-0.39, 0.29) is 5.78 Å². The van der Waals surface area contributed by atoms with Gasteiger partial charge in [0.25, 0.3) is 0 Å². The van der Waals surface area contributed by atoms with Crippen molar-refractivity contribution in [3.8, 4) is 11.5 Å². The lowest BCUT2D eigenvalue weighted by atomic mass is 9.96. The van der Waals surface area contributed by atoms with Gasteiger partial charge in [-0.2, -0.15) is 0 Å². The average Bonchev–Trinajstić information content (AvgIpc) is 2.44. The molecule has 1 atom stereocenters. The minimum Gasteiger partial charge on any atom is -0.493 e. The molecule has 5 nitrogen and oxygen atoms in total. The van der Waals surface area contributed by atoms with Gasteiger partial charge < -0.3 is 19.3 Å². The van der Waals surface area contributed by atoms with E-state index in [0.717, 1.165) is 24.4 Å². The van der Waals surface area contributed by atoms with Gasteiger partial charge in [0, 0.05) is 24.3 Å². The Kier molecular flexibility index (Phi) is 4.73. The van der Waals surface area contributed by atoms with E-state index < -0.39 is 0 Å². The van der Waals surface area contributed by atoms with Crippen molar-refractivity contribution in [2.45, 2.75) is 19.4 Å². The van der Waals surface area contributed by atoms with Gasteiger partial charge in [0.2, 0.25) is 0 Å². The number of carbonyl (C=O) groups is 1. The molecule has 21 heavy (non-hydrogen) atoms. The second-order valence-electron chi connectivity index (χ2n) is 5.74. The molecule has 1 aromatic rings. The van der Waals surface area contributed by atoms with Gasteiger partial charge in [0.15, 0.2) is 11.5 Å². The predicted molar refractivity (Wildman–Crippen MR) is 83.6 cm³/mol. The van der Waals surface area contributed by atoms with Gasteiger partial charge in [-0.1, -0.05) is 0 Å². The van der Waals surface area contributed by atoms with Crippen LogP contribution < -0.4 is 14.4 Å². The monoisotopic (exact) mass is 292 g/mol. The SMILES string of the molecule is COc1cc2c(cc1OC)N(CC(C)=O)CC(N(C)C)C2. The Labute approximate surface area is 126 Å². The zero-order valence-electron chi connectivity index (χ0n) is 13.5. The highest BCUT2D eigenvalue weighted by atomic mass is 16.5. The molecule has 1 aliphatic rings. The van der Waals surface area contributed by atoms with E-state index in [4.69, 9.17) is 9.47 Å². The second kappa shape index (κ2) is 6.35. The summed E-state index contributed by atoms with van der Waals surface area (Å²) >= 11 is 0. The maximum atomic E-state index is 11.6. The van der Waals surface area contributed by atoms with Crippen LogP contribution in [-0.2, 0) is 11.2 Å². The Hall–Kier alpha value is -1.75. The van der Waals surface area contributed by atoms with Crippen LogP contribution in [0.2, 0.25) is 0 Å². The number of carbonyl (C=O) groups excluding carboxylic acids is 1. The molecule has 0 aliphatic carbocycles. The second-order valence-corrected chi connectivity index (χ2v) is 5.74. The molecule has 0 amide bonds. The highest BCUT2D eigenvalue weighted by molar-refractivity contribution is 5.82. The normalized spacial score (nSPS) is 17.6. The summed E-state index contributed by atoms with van der Waals surface area (Å²) in [4.78, 5) is 15.9. The summed E-state index contributed by atoms with van der Waals surface area (Å²) in [5.74, 6) is 1.60. The van der Waals surface area contributed by atoms with E-state index in [1.54, 1.807) is 21.1 Å². The Bertz CT molecular complexity index is 528. The summed E-state index contributed by atoms with van der Waals surface area (Å²) in [5.41, 5.74) is 2.26. The molecule has 116 valence electrons.